The van der Waals surface area contributed by atoms with E-state index >= 15 is 0 Å². The molecule has 0 aromatic rings. The van der Waals surface area contributed by atoms with Crippen molar-refractivity contribution in [1.29, 1.82) is 0 Å². The third-order valence-corrected chi connectivity index (χ3v) is 12.4. The molecular formula is C32H56N2O3. The van der Waals surface area contributed by atoms with Gasteiger partial charge in [-0.25, -0.2) is 0 Å². The van der Waals surface area contributed by atoms with E-state index < -0.39 is 12.0 Å². The number of hydrogen-bond donors (Lipinski definition) is 1. The SMILES string of the molecule is C[C@H](CCC(=O)NCCCC(C(=O)[O-])[N+](C)(C)C)[C@H]1CCC2C3CCC4CCCC[C@]4(C)C3CC[C@@]21C. The van der Waals surface area contributed by atoms with Crippen LogP contribution in [0.25, 0.3) is 0 Å². The summed E-state index contributed by atoms with van der Waals surface area (Å²) in [6.45, 7) is 8.25. The lowest BCUT2D eigenvalue weighted by molar-refractivity contribution is -0.889. The van der Waals surface area contributed by atoms with Gasteiger partial charge >= 0.3 is 0 Å². The summed E-state index contributed by atoms with van der Waals surface area (Å²) in [5.74, 6) is 4.22. The van der Waals surface area contributed by atoms with Gasteiger partial charge in [-0.05, 0) is 111 Å². The lowest BCUT2D eigenvalue weighted by Gasteiger charge is -2.61. The molecule has 0 aromatic heterocycles. The lowest BCUT2D eigenvalue weighted by Crippen LogP contribution is -2.54. The van der Waals surface area contributed by atoms with Gasteiger partial charge in [0, 0.05) is 19.4 Å². The smallest absolute Gasteiger partial charge is 0.220 e. The average Bonchev–Trinajstić information content (AvgIpc) is 3.18. The van der Waals surface area contributed by atoms with Gasteiger partial charge in [0.1, 0.15) is 6.04 Å². The highest BCUT2D eigenvalue weighted by Gasteiger charge is 2.60. The quantitative estimate of drug-likeness (QED) is 0.322. The molecule has 37 heavy (non-hydrogen) atoms. The summed E-state index contributed by atoms with van der Waals surface area (Å²) in [6.07, 6.45) is 17.2. The molecule has 0 radical (unpaired) electrons. The van der Waals surface area contributed by atoms with Gasteiger partial charge < -0.3 is 19.7 Å². The molecule has 9 atom stereocenters. The molecule has 1 N–H and O–H groups in total. The number of fused-ring (bicyclic) bond motifs is 5. The maximum absolute atomic E-state index is 12.6. The average molecular weight is 517 g/mol. The van der Waals surface area contributed by atoms with E-state index in [1.54, 1.807) is 0 Å². The van der Waals surface area contributed by atoms with Crippen LogP contribution in [-0.2, 0) is 9.59 Å². The Labute approximate surface area is 227 Å². The minimum atomic E-state index is -1.01. The van der Waals surface area contributed by atoms with E-state index in [-0.39, 0.29) is 5.91 Å². The first kappa shape index (κ1) is 28.9. The Morgan fingerprint density at radius 1 is 0.919 bits per heavy atom. The van der Waals surface area contributed by atoms with Crippen molar-refractivity contribution in [2.75, 3.05) is 27.7 Å². The number of amides is 1. The maximum Gasteiger partial charge on any atom is 0.220 e. The normalized spacial score (nSPS) is 39.1. The molecular weight excluding hydrogens is 460 g/mol. The van der Waals surface area contributed by atoms with E-state index in [1.807, 2.05) is 21.1 Å². The van der Waals surface area contributed by atoms with Gasteiger partial charge in [0.15, 0.2) is 0 Å². The Morgan fingerprint density at radius 3 is 2.35 bits per heavy atom. The molecule has 0 heterocycles. The topological polar surface area (TPSA) is 69.2 Å². The number of carboxylic acid groups (broad SMARTS) is 1. The molecule has 0 aromatic carbocycles. The third kappa shape index (κ3) is 5.77. The molecule has 5 unspecified atom stereocenters. The summed E-state index contributed by atoms with van der Waals surface area (Å²) < 4.78 is 0.344. The largest absolute Gasteiger partial charge is 0.544 e. The summed E-state index contributed by atoms with van der Waals surface area (Å²) >= 11 is 0. The monoisotopic (exact) mass is 516 g/mol. The van der Waals surface area contributed by atoms with E-state index in [4.69, 9.17) is 0 Å². The Hall–Kier alpha value is -1.10. The standard InChI is InChI=1S/C32H56N2O3/c1-22(12-17-29(35)33-21-9-11-28(30(36)37)34(4,5)6)25-15-16-26-24-14-13-23-10-7-8-19-31(23,2)27(24)18-20-32(25,26)3/h22-28H,7-21H2,1-6H3,(H-,33,35,36,37)/t22-,23?,24?,25-,26?,27?,28?,31+,32-/m1/s1. The Bertz CT molecular complexity index is 821. The number of likely N-dealkylation sites (N-methyl/N-ethyl adjacent to an activating group) is 1. The van der Waals surface area contributed by atoms with E-state index in [2.05, 4.69) is 26.1 Å². The molecule has 0 spiro atoms. The molecule has 4 fully saturated rings. The van der Waals surface area contributed by atoms with Gasteiger partial charge in [-0.2, -0.15) is 0 Å². The van der Waals surface area contributed by atoms with Crippen LogP contribution in [0.5, 0.6) is 0 Å². The van der Waals surface area contributed by atoms with Crippen LogP contribution in [0, 0.1) is 46.3 Å². The highest BCUT2D eigenvalue weighted by molar-refractivity contribution is 5.75. The van der Waals surface area contributed by atoms with Gasteiger partial charge in [0.05, 0.1) is 27.1 Å². The Morgan fingerprint density at radius 2 is 1.65 bits per heavy atom. The van der Waals surface area contributed by atoms with Crippen LogP contribution >= 0.6 is 0 Å². The predicted molar refractivity (Wildman–Crippen MR) is 147 cm³/mol. The molecule has 0 saturated heterocycles. The summed E-state index contributed by atoms with van der Waals surface area (Å²) in [7, 11) is 5.63. The minimum absolute atomic E-state index is 0.119. The number of nitrogens with zero attached hydrogens (tertiary/aromatic N) is 1. The lowest BCUT2D eigenvalue weighted by atomic mass is 9.44. The fraction of sp³-hybridized carbons (Fsp3) is 0.938. The zero-order valence-corrected chi connectivity index (χ0v) is 24.8. The number of hydrogen-bond acceptors (Lipinski definition) is 3. The Balaban J connectivity index is 1.25. The van der Waals surface area contributed by atoms with Gasteiger partial charge in [-0.3, -0.25) is 4.79 Å². The first-order chi connectivity index (χ1) is 17.4. The predicted octanol–water partition coefficient (Wildman–Crippen LogP) is 5.17. The van der Waals surface area contributed by atoms with Crippen molar-refractivity contribution in [2.45, 2.75) is 117 Å². The molecule has 0 aliphatic heterocycles. The summed E-state index contributed by atoms with van der Waals surface area (Å²) in [6, 6.07) is -0.543. The van der Waals surface area contributed by atoms with E-state index in [0.717, 1.165) is 36.0 Å². The fourth-order valence-corrected chi connectivity index (χ4v) is 10.3. The molecule has 212 valence electrons. The van der Waals surface area contributed by atoms with Crippen molar-refractivity contribution in [3.05, 3.63) is 0 Å². The molecule has 4 saturated carbocycles. The minimum Gasteiger partial charge on any atom is -0.544 e. The number of aliphatic carboxylic acids is 1. The van der Waals surface area contributed by atoms with Gasteiger partial charge in [-0.1, -0.05) is 33.6 Å². The second kappa shape index (κ2) is 11.2. The molecule has 0 bridgehead atoms. The van der Waals surface area contributed by atoms with E-state index in [1.165, 1.54) is 64.2 Å². The molecule has 4 aliphatic rings. The zero-order valence-electron chi connectivity index (χ0n) is 24.8. The second-order valence-corrected chi connectivity index (χ2v) is 15.1. The van der Waals surface area contributed by atoms with Crippen LogP contribution in [-0.4, -0.2) is 50.1 Å². The van der Waals surface area contributed by atoms with Gasteiger partial charge in [0.25, 0.3) is 0 Å². The van der Waals surface area contributed by atoms with Crippen LogP contribution < -0.4 is 10.4 Å². The maximum atomic E-state index is 12.6. The first-order valence-electron chi connectivity index (χ1n) is 15.7. The van der Waals surface area contributed by atoms with Gasteiger partial charge in [-0.15, -0.1) is 0 Å². The first-order valence-corrected chi connectivity index (χ1v) is 15.7. The second-order valence-electron chi connectivity index (χ2n) is 15.1. The van der Waals surface area contributed by atoms with Crippen LogP contribution in [0.15, 0.2) is 0 Å². The number of quaternary nitrogens is 1. The molecule has 5 heteroatoms. The van der Waals surface area contributed by atoms with E-state index in [0.29, 0.717) is 47.0 Å². The van der Waals surface area contributed by atoms with E-state index in [9.17, 15) is 14.7 Å². The fourth-order valence-electron chi connectivity index (χ4n) is 10.3. The van der Waals surface area contributed by atoms with Crippen molar-refractivity contribution in [1.82, 2.24) is 5.32 Å². The Kier molecular flexibility index (Phi) is 8.73. The van der Waals surface area contributed by atoms with Crippen LogP contribution in [0.2, 0.25) is 0 Å². The number of nitrogens with one attached hydrogen (secondary N) is 1. The molecule has 4 aliphatic carbocycles. The zero-order chi connectivity index (χ0) is 27.0. The third-order valence-electron chi connectivity index (χ3n) is 12.4. The van der Waals surface area contributed by atoms with Crippen molar-refractivity contribution in [3.63, 3.8) is 0 Å². The number of carboxylic acids is 1. The van der Waals surface area contributed by atoms with Crippen molar-refractivity contribution in [3.8, 4) is 0 Å². The van der Waals surface area contributed by atoms with Crippen molar-refractivity contribution < 1.29 is 19.2 Å². The van der Waals surface area contributed by atoms with Crippen LogP contribution in [0.1, 0.15) is 111 Å². The van der Waals surface area contributed by atoms with Crippen molar-refractivity contribution in [2.24, 2.45) is 46.3 Å². The number of rotatable bonds is 10. The number of carbonyl (C=O) groups excluding carboxylic acids is 2. The van der Waals surface area contributed by atoms with Crippen LogP contribution in [0.3, 0.4) is 0 Å². The molecule has 4 rings (SSSR count). The summed E-state index contributed by atoms with van der Waals surface area (Å²) in [5, 5.41) is 14.5. The van der Waals surface area contributed by atoms with Gasteiger partial charge in [0.2, 0.25) is 5.91 Å². The summed E-state index contributed by atoms with van der Waals surface area (Å²) in [5.41, 5.74) is 1.07. The van der Waals surface area contributed by atoms with Crippen molar-refractivity contribution >= 4 is 11.9 Å². The molecule has 5 nitrogen and oxygen atoms in total. The highest BCUT2D eigenvalue weighted by atomic mass is 16.4. The molecule has 1 amide bonds. The highest BCUT2D eigenvalue weighted by Crippen LogP contribution is 2.68. The number of carbonyl (C=O) groups is 2. The summed E-state index contributed by atoms with van der Waals surface area (Å²) in [4.78, 5) is 24.1. The van der Waals surface area contributed by atoms with Crippen LogP contribution in [0.4, 0.5) is 0 Å².